The quantitative estimate of drug-likeness (QED) is 0.779. The molecule has 0 aromatic carbocycles. The van der Waals surface area contributed by atoms with Crippen molar-refractivity contribution in [3.05, 3.63) is 24.2 Å². The number of aryl methyl sites for hydroxylation is 1. The molecule has 4 nitrogen and oxygen atoms in total. The van der Waals surface area contributed by atoms with E-state index in [0.29, 0.717) is 30.7 Å². The third-order valence-electron chi connectivity index (χ3n) is 3.60. The molecule has 0 spiro atoms. The minimum Gasteiger partial charge on any atom is -0.469 e. The van der Waals surface area contributed by atoms with E-state index in [-0.39, 0.29) is 5.91 Å². The molecule has 2 heterocycles. The Morgan fingerprint density at radius 3 is 3.00 bits per heavy atom. The monoisotopic (exact) mass is 220 g/mol. The lowest BCUT2D eigenvalue weighted by atomic mass is 10.2. The molecule has 1 saturated heterocycles. The zero-order chi connectivity index (χ0) is 11.0. The Morgan fingerprint density at radius 2 is 2.31 bits per heavy atom. The largest absolute Gasteiger partial charge is 0.469 e. The second-order valence-electron chi connectivity index (χ2n) is 4.66. The molecule has 4 heteroatoms. The van der Waals surface area contributed by atoms with E-state index in [1.54, 1.807) is 6.26 Å². The Hall–Kier alpha value is -1.29. The predicted molar refractivity (Wildman–Crippen MR) is 58.8 cm³/mol. The Morgan fingerprint density at radius 1 is 1.50 bits per heavy atom. The zero-order valence-electron chi connectivity index (χ0n) is 9.11. The molecule has 1 amide bonds. The minimum absolute atomic E-state index is 0.149. The van der Waals surface area contributed by atoms with Crippen molar-refractivity contribution in [3.63, 3.8) is 0 Å². The van der Waals surface area contributed by atoms with Crippen LogP contribution < -0.4 is 10.6 Å². The van der Waals surface area contributed by atoms with Crippen LogP contribution in [0.2, 0.25) is 0 Å². The summed E-state index contributed by atoms with van der Waals surface area (Å²) in [5.41, 5.74) is 0. The predicted octanol–water partition coefficient (Wildman–Crippen LogP) is 0.546. The summed E-state index contributed by atoms with van der Waals surface area (Å²) in [6, 6.07) is 4.19. The van der Waals surface area contributed by atoms with E-state index >= 15 is 0 Å². The highest BCUT2D eigenvalue weighted by atomic mass is 16.3. The van der Waals surface area contributed by atoms with Gasteiger partial charge in [0.1, 0.15) is 5.76 Å². The summed E-state index contributed by atoms with van der Waals surface area (Å²) in [7, 11) is 0. The van der Waals surface area contributed by atoms with Gasteiger partial charge in [-0.25, -0.2) is 0 Å². The van der Waals surface area contributed by atoms with Crippen molar-refractivity contribution < 1.29 is 9.21 Å². The van der Waals surface area contributed by atoms with Gasteiger partial charge in [-0.1, -0.05) is 0 Å². The molecule has 0 radical (unpaired) electrons. The molecule has 2 N–H and O–H groups in total. The van der Waals surface area contributed by atoms with Crippen molar-refractivity contribution in [2.45, 2.75) is 18.9 Å². The van der Waals surface area contributed by atoms with Gasteiger partial charge in [-0.3, -0.25) is 4.79 Å². The van der Waals surface area contributed by atoms with Crippen molar-refractivity contribution >= 4 is 5.91 Å². The molecule has 3 rings (SSSR count). The van der Waals surface area contributed by atoms with Gasteiger partial charge in [-0.05, 0) is 24.0 Å². The van der Waals surface area contributed by atoms with Gasteiger partial charge in [0.15, 0.2) is 0 Å². The van der Waals surface area contributed by atoms with Crippen molar-refractivity contribution in [2.24, 2.45) is 11.8 Å². The number of carbonyl (C=O) groups is 1. The van der Waals surface area contributed by atoms with E-state index in [0.717, 1.165) is 18.8 Å². The number of fused-ring (bicyclic) bond motifs is 1. The number of piperidine rings is 1. The Kier molecular flexibility index (Phi) is 2.44. The lowest BCUT2D eigenvalue weighted by Gasteiger charge is -2.06. The first-order valence-electron chi connectivity index (χ1n) is 5.87. The van der Waals surface area contributed by atoms with Gasteiger partial charge >= 0.3 is 0 Å². The SMILES string of the molecule is O=C(CCc1ccco1)NC1C2CNCC21. The maximum Gasteiger partial charge on any atom is 0.220 e. The summed E-state index contributed by atoms with van der Waals surface area (Å²) in [5, 5.41) is 6.41. The number of hydrogen-bond acceptors (Lipinski definition) is 3. The van der Waals surface area contributed by atoms with Crippen molar-refractivity contribution in [1.82, 2.24) is 10.6 Å². The van der Waals surface area contributed by atoms with Gasteiger partial charge in [-0.15, -0.1) is 0 Å². The molecule has 1 saturated carbocycles. The lowest BCUT2D eigenvalue weighted by Crippen LogP contribution is -2.32. The minimum atomic E-state index is 0.149. The van der Waals surface area contributed by atoms with Crippen LogP contribution in [0.25, 0.3) is 0 Å². The second kappa shape index (κ2) is 3.94. The number of amides is 1. The van der Waals surface area contributed by atoms with Gasteiger partial charge in [0, 0.05) is 32.0 Å². The molecule has 1 aromatic heterocycles. The van der Waals surface area contributed by atoms with Gasteiger partial charge in [0.05, 0.1) is 6.26 Å². The van der Waals surface area contributed by atoms with Crippen LogP contribution in [0.5, 0.6) is 0 Å². The molecule has 2 fully saturated rings. The normalized spacial score (nSPS) is 31.1. The Labute approximate surface area is 94.4 Å². The van der Waals surface area contributed by atoms with Crippen LogP contribution in [-0.2, 0) is 11.2 Å². The maximum absolute atomic E-state index is 11.6. The fraction of sp³-hybridized carbons (Fsp3) is 0.583. The van der Waals surface area contributed by atoms with Crippen LogP contribution in [0.4, 0.5) is 0 Å². The first-order chi connectivity index (χ1) is 7.84. The van der Waals surface area contributed by atoms with E-state index in [1.807, 2.05) is 12.1 Å². The van der Waals surface area contributed by atoms with Crippen molar-refractivity contribution in [2.75, 3.05) is 13.1 Å². The van der Waals surface area contributed by atoms with Gasteiger partial charge in [0.2, 0.25) is 5.91 Å². The number of hydrogen-bond donors (Lipinski definition) is 2. The smallest absolute Gasteiger partial charge is 0.220 e. The molecule has 1 aliphatic carbocycles. The molecule has 0 bridgehead atoms. The summed E-state index contributed by atoms with van der Waals surface area (Å²) >= 11 is 0. The van der Waals surface area contributed by atoms with Crippen LogP contribution in [-0.4, -0.2) is 25.0 Å². The average Bonchev–Trinajstić information content (AvgIpc) is 2.80. The summed E-state index contributed by atoms with van der Waals surface area (Å²) in [4.78, 5) is 11.6. The summed E-state index contributed by atoms with van der Waals surface area (Å²) < 4.78 is 5.19. The second-order valence-corrected chi connectivity index (χ2v) is 4.66. The Bertz CT molecular complexity index is 364. The van der Waals surface area contributed by atoms with E-state index in [9.17, 15) is 4.79 Å². The standard InChI is InChI=1S/C12H16N2O2/c15-11(4-3-8-2-1-5-16-8)14-12-9-6-13-7-10(9)12/h1-2,5,9-10,12-13H,3-4,6-7H2,(H,14,15). The molecule has 86 valence electrons. The molecule has 2 unspecified atom stereocenters. The number of nitrogens with one attached hydrogen (secondary N) is 2. The van der Waals surface area contributed by atoms with Gasteiger partial charge < -0.3 is 15.1 Å². The first-order valence-corrected chi connectivity index (χ1v) is 5.87. The van der Waals surface area contributed by atoms with Crippen molar-refractivity contribution in [1.29, 1.82) is 0 Å². The number of carbonyl (C=O) groups excluding carboxylic acids is 1. The van der Waals surface area contributed by atoms with E-state index < -0.39 is 0 Å². The molecule has 1 aliphatic heterocycles. The third-order valence-corrected chi connectivity index (χ3v) is 3.60. The van der Waals surface area contributed by atoms with Crippen LogP contribution >= 0.6 is 0 Å². The molecule has 2 atom stereocenters. The first kappa shape index (κ1) is 9.90. The molecule has 2 aliphatic rings. The summed E-state index contributed by atoms with van der Waals surface area (Å²) in [5.74, 6) is 2.41. The highest BCUT2D eigenvalue weighted by Gasteiger charge is 2.53. The maximum atomic E-state index is 11.6. The van der Waals surface area contributed by atoms with Crippen LogP contribution in [0, 0.1) is 11.8 Å². The average molecular weight is 220 g/mol. The van der Waals surface area contributed by atoms with Crippen molar-refractivity contribution in [3.8, 4) is 0 Å². The highest BCUT2D eigenvalue weighted by Crippen LogP contribution is 2.41. The van der Waals surface area contributed by atoms with E-state index in [4.69, 9.17) is 4.42 Å². The summed E-state index contributed by atoms with van der Waals surface area (Å²) in [6.45, 7) is 2.13. The topological polar surface area (TPSA) is 54.3 Å². The van der Waals surface area contributed by atoms with Crippen LogP contribution in [0.3, 0.4) is 0 Å². The molecule has 16 heavy (non-hydrogen) atoms. The Balaban J connectivity index is 1.41. The van der Waals surface area contributed by atoms with E-state index in [2.05, 4.69) is 10.6 Å². The number of rotatable bonds is 4. The van der Waals surface area contributed by atoms with E-state index in [1.165, 1.54) is 0 Å². The highest BCUT2D eigenvalue weighted by molar-refractivity contribution is 5.77. The number of furan rings is 1. The van der Waals surface area contributed by atoms with Crippen LogP contribution in [0.15, 0.2) is 22.8 Å². The van der Waals surface area contributed by atoms with Gasteiger partial charge in [-0.2, -0.15) is 0 Å². The fourth-order valence-electron chi connectivity index (χ4n) is 2.58. The van der Waals surface area contributed by atoms with Gasteiger partial charge in [0.25, 0.3) is 0 Å². The van der Waals surface area contributed by atoms with Crippen LogP contribution in [0.1, 0.15) is 12.2 Å². The fourth-order valence-corrected chi connectivity index (χ4v) is 2.58. The lowest BCUT2D eigenvalue weighted by molar-refractivity contribution is -0.121. The molecule has 1 aromatic rings. The zero-order valence-corrected chi connectivity index (χ0v) is 9.11. The molecular weight excluding hydrogens is 204 g/mol. The summed E-state index contributed by atoms with van der Waals surface area (Å²) in [6.07, 6.45) is 2.86. The molecular formula is C12H16N2O2. The third kappa shape index (κ3) is 1.85.